The van der Waals surface area contributed by atoms with E-state index in [0.29, 0.717) is 10.6 Å². The first-order valence-electron chi connectivity index (χ1n) is 9.99. The minimum Gasteiger partial charge on any atom is -0.457 e. The maximum Gasteiger partial charge on any atom is 0.338 e. The fourth-order valence-corrected chi connectivity index (χ4v) is 2.55. The van der Waals surface area contributed by atoms with Gasteiger partial charge in [-0.2, -0.15) is 0 Å². The van der Waals surface area contributed by atoms with E-state index in [1.807, 2.05) is 0 Å². The molecule has 0 aliphatic rings. The van der Waals surface area contributed by atoms with Gasteiger partial charge in [0.15, 0.2) is 11.5 Å². The number of carbonyl (C=O) groups is 4. The Hall–Kier alpha value is -3.39. The van der Waals surface area contributed by atoms with Crippen LogP contribution in [0.25, 0.3) is 0 Å². The Balaban J connectivity index is 2.45. The SMILES string of the molecule is CCC(=O)Oc1cc(C(=O)OCc2ccccc2Cl)cc(OC(=O)CC)c1OC(=O)CC. The van der Waals surface area contributed by atoms with Gasteiger partial charge >= 0.3 is 23.9 Å². The van der Waals surface area contributed by atoms with Crippen molar-refractivity contribution in [2.24, 2.45) is 0 Å². The van der Waals surface area contributed by atoms with Crippen LogP contribution in [0.5, 0.6) is 17.2 Å². The summed E-state index contributed by atoms with van der Waals surface area (Å²) in [7, 11) is 0. The monoisotopic (exact) mass is 462 g/mol. The zero-order valence-electron chi connectivity index (χ0n) is 17.9. The van der Waals surface area contributed by atoms with Gasteiger partial charge in [-0.15, -0.1) is 0 Å². The lowest BCUT2D eigenvalue weighted by molar-refractivity contribution is -0.137. The van der Waals surface area contributed by atoms with E-state index in [0.717, 1.165) is 0 Å². The first-order valence-corrected chi connectivity index (χ1v) is 10.4. The van der Waals surface area contributed by atoms with Crippen molar-refractivity contribution < 1.29 is 38.1 Å². The third-order valence-corrected chi connectivity index (χ3v) is 4.47. The molecule has 0 heterocycles. The van der Waals surface area contributed by atoms with Gasteiger partial charge in [0.1, 0.15) is 6.61 Å². The number of hydrogen-bond donors (Lipinski definition) is 0. The molecule has 0 fully saturated rings. The number of halogens is 1. The fourth-order valence-electron chi connectivity index (χ4n) is 2.36. The van der Waals surface area contributed by atoms with Crippen molar-refractivity contribution in [1.82, 2.24) is 0 Å². The van der Waals surface area contributed by atoms with Gasteiger partial charge in [0.05, 0.1) is 5.56 Å². The van der Waals surface area contributed by atoms with E-state index in [1.54, 1.807) is 45.0 Å². The van der Waals surface area contributed by atoms with Crippen LogP contribution in [0.3, 0.4) is 0 Å². The van der Waals surface area contributed by atoms with E-state index >= 15 is 0 Å². The van der Waals surface area contributed by atoms with Gasteiger partial charge in [-0.05, 0) is 18.2 Å². The molecular weight excluding hydrogens is 440 g/mol. The Morgan fingerprint density at radius 3 is 1.78 bits per heavy atom. The van der Waals surface area contributed by atoms with Crippen LogP contribution in [0.15, 0.2) is 36.4 Å². The summed E-state index contributed by atoms with van der Waals surface area (Å²) in [5, 5.41) is 0.428. The van der Waals surface area contributed by atoms with Crippen molar-refractivity contribution in [3.05, 3.63) is 52.5 Å². The molecule has 0 amide bonds. The lowest BCUT2D eigenvalue weighted by atomic mass is 10.1. The van der Waals surface area contributed by atoms with Crippen molar-refractivity contribution in [3.8, 4) is 17.2 Å². The maximum absolute atomic E-state index is 12.7. The Bertz CT molecular complexity index is 976. The quantitative estimate of drug-likeness (QED) is 0.392. The number of carbonyl (C=O) groups excluding carboxylic acids is 4. The van der Waals surface area contributed by atoms with Gasteiger partial charge in [0.25, 0.3) is 0 Å². The van der Waals surface area contributed by atoms with E-state index in [2.05, 4.69) is 0 Å². The van der Waals surface area contributed by atoms with Crippen LogP contribution in [0.1, 0.15) is 56.0 Å². The second kappa shape index (κ2) is 11.9. The molecule has 0 bridgehead atoms. The fraction of sp³-hybridized carbons (Fsp3) is 0.304. The second-order valence-corrected chi connectivity index (χ2v) is 6.86. The highest BCUT2D eigenvalue weighted by atomic mass is 35.5. The molecule has 0 aromatic heterocycles. The molecule has 2 aromatic rings. The molecule has 0 spiro atoms. The summed E-state index contributed by atoms with van der Waals surface area (Å²) in [5.41, 5.74) is 0.512. The highest BCUT2D eigenvalue weighted by Crippen LogP contribution is 2.40. The van der Waals surface area contributed by atoms with Crippen LogP contribution in [-0.4, -0.2) is 23.9 Å². The minimum absolute atomic E-state index is 0.0178. The lowest BCUT2D eigenvalue weighted by Crippen LogP contribution is -2.15. The van der Waals surface area contributed by atoms with Crippen LogP contribution in [-0.2, 0) is 25.7 Å². The predicted octanol–water partition coefficient (Wildman–Crippen LogP) is 4.64. The van der Waals surface area contributed by atoms with Crippen LogP contribution < -0.4 is 14.2 Å². The Morgan fingerprint density at radius 2 is 1.28 bits per heavy atom. The highest BCUT2D eigenvalue weighted by molar-refractivity contribution is 6.31. The summed E-state index contributed by atoms with van der Waals surface area (Å²) < 4.78 is 21.0. The molecule has 0 saturated heterocycles. The second-order valence-electron chi connectivity index (χ2n) is 6.45. The van der Waals surface area contributed by atoms with Crippen LogP contribution in [0.2, 0.25) is 5.02 Å². The van der Waals surface area contributed by atoms with Crippen LogP contribution >= 0.6 is 11.6 Å². The number of benzene rings is 2. The molecule has 0 atom stereocenters. The molecule has 0 saturated carbocycles. The first-order chi connectivity index (χ1) is 15.3. The van der Waals surface area contributed by atoms with Gasteiger partial charge in [-0.1, -0.05) is 50.6 Å². The molecule has 0 aliphatic heterocycles. The number of hydrogen-bond acceptors (Lipinski definition) is 8. The standard InChI is InChI=1S/C23H23ClO8/c1-4-19(25)30-17-11-15(23(28)29-13-14-9-7-8-10-16(14)24)12-18(31-20(26)5-2)22(17)32-21(27)6-3/h7-12H,4-6,13H2,1-3H3. The molecule has 2 aromatic carbocycles. The summed E-state index contributed by atoms with van der Waals surface area (Å²) in [5.74, 6) is -3.50. The normalized spacial score (nSPS) is 10.2. The summed E-state index contributed by atoms with van der Waals surface area (Å²) in [6.07, 6.45) is 0.0583. The summed E-state index contributed by atoms with van der Waals surface area (Å²) in [6.45, 7) is 4.59. The van der Waals surface area contributed by atoms with Gasteiger partial charge < -0.3 is 18.9 Å². The smallest absolute Gasteiger partial charge is 0.338 e. The maximum atomic E-state index is 12.7. The van der Waals surface area contributed by atoms with E-state index < -0.39 is 23.9 Å². The summed E-state index contributed by atoms with van der Waals surface area (Å²) >= 11 is 6.08. The van der Waals surface area contributed by atoms with E-state index in [9.17, 15) is 19.2 Å². The molecule has 32 heavy (non-hydrogen) atoms. The van der Waals surface area contributed by atoms with Gasteiger partial charge in [0.2, 0.25) is 5.75 Å². The molecule has 9 heteroatoms. The zero-order valence-corrected chi connectivity index (χ0v) is 18.7. The first kappa shape index (κ1) is 24.9. The Kier molecular flexibility index (Phi) is 9.22. The van der Waals surface area contributed by atoms with Crippen molar-refractivity contribution in [2.45, 2.75) is 46.6 Å². The number of rotatable bonds is 9. The molecule has 0 unspecified atom stereocenters. The lowest BCUT2D eigenvalue weighted by Gasteiger charge is -2.16. The van der Waals surface area contributed by atoms with Gasteiger partial charge in [0, 0.05) is 29.8 Å². The molecular formula is C23H23ClO8. The van der Waals surface area contributed by atoms with Crippen molar-refractivity contribution in [1.29, 1.82) is 0 Å². The van der Waals surface area contributed by atoms with Crippen molar-refractivity contribution >= 4 is 35.5 Å². The number of esters is 4. The largest absolute Gasteiger partial charge is 0.457 e. The van der Waals surface area contributed by atoms with E-state index in [1.165, 1.54) is 12.1 Å². The summed E-state index contributed by atoms with van der Waals surface area (Å²) in [4.78, 5) is 48.4. The van der Waals surface area contributed by atoms with Crippen LogP contribution in [0.4, 0.5) is 0 Å². The van der Waals surface area contributed by atoms with Gasteiger partial charge in [-0.25, -0.2) is 4.79 Å². The van der Waals surface area contributed by atoms with Crippen LogP contribution in [0, 0.1) is 0 Å². The van der Waals surface area contributed by atoms with Crippen molar-refractivity contribution in [2.75, 3.05) is 0 Å². The zero-order chi connectivity index (χ0) is 23.7. The molecule has 8 nitrogen and oxygen atoms in total. The number of ether oxygens (including phenoxy) is 4. The highest BCUT2D eigenvalue weighted by Gasteiger charge is 2.24. The molecule has 0 N–H and O–H groups in total. The molecule has 170 valence electrons. The van der Waals surface area contributed by atoms with Gasteiger partial charge in [-0.3, -0.25) is 14.4 Å². The van der Waals surface area contributed by atoms with Crippen molar-refractivity contribution in [3.63, 3.8) is 0 Å². The average Bonchev–Trinajstić information content (AvgIpc) is 2.79. The summed E-state index contributed by atoms with van der Waals surface area (Å²) in [6, 6.07) is 9.22. The Labute approximate surface area is 190 Å². The third-order valence-electron chi connectivity index (χ3n) is 4.10. The Morgan fingerprint density at radius 1 is 0.781 bits per heavy atom. The molecule has 0 radical (unpaired) electrons. The average molecular weight is 463 g/mol. The third kappa shape index (κ3) is 6.81. The van der Waals surface area contributed by atoms with E-state index in [4.69, 9.17) is 30.5 Å². The molecule has 2 rings (SSSR count). The minimum atomic E-state index is -0.791. The van der Waals surface area contributed by atoms with E-state index in [-0.39, 0.29) is 48.7 Å². The topological polar surface area (TPSA) is 105 Å². The molecule has 0 aliphatic carbocycles. The predicted molar refractivity (Wildman–Crippen MR) is 115 cm³/mol.